The standard InChI is InChI=1S/C11H15N3O5/c1-3-14(6-10(17)19-2)9(16)5-7-4-8(15)13-11(18)12-7/h4H,3,5-6H2,1-2H3,(H2,12,13,15,18). The zero-order chi connectivity index (χ0) is 14.4. The van der Waals surface area contributed by atoms with Crippen molar-refractivity contribution in [2.75, 3.05) is 20.2 Å². The molecule has 0 unspecified atom stereocenters. The number of aromatic nitrogens is 2. The van der Waals surface area contributed by atoms with Gasteiger partial charge in [0.2, 0.25) is 5.91 Å². The lowest BCUT2D eigenvalue weighted by molar-refractivity contribution is -0.146. The summed E-state index contributed by atoms with van der Waals surface area (Å²) >= 11 is 0. The fourth-order valence-electron chi connectivity index (χ4n) is 1.49. The van der Waals surface area contributed by atoms with Crippen LogP contribution < -0.4 is 11.2 Å². The minimum atomic E-state index is -0.675. The Morgan fingerprint density at radius 2 is 2.00 bits per heavy atom. The highest BCUT2D eigenvalue weighted by molar-refractivity contribution is 5.83. The van der Waals surface area contributed by atoms with Gasteiger partial charge in [-0.05, 0) is 6.92 Å². The number of rotatable bonds is 5. The number of carbonyl (C=O) groups excluding carboxylic acids is 2. The lowest BCUT2D eigenvalue weighted by Crippen LogP contribution is -2.37. The zero-order valence-electron chi connectivity index (χ0n) is 10.7. The summed E-state index contributed by atoms with van der Waals surface area (Å²) in [6, 6.07) is 1.13. The Labute approximate surface area is 108 Å². The second-order valence-corrected chi connectivity index (χ2v) is 3.77. The van der Waals surface area contributed by atoms with E-state index in [4.69, 9.17) is 0 Å². The molecule has 0 bridgehead atoms. The largest absolute Gasteiger partial charge is 0.468 e. The summed E-state index contributed by atoms with van der Waals surface area (Å²) in [6.07, 6.45) is -0.163. The molecule has 1 aromatic heterocycles. The Morgan fingerprint density at radius 3 is 2.53 bits per heavy atom. The third kappa shape index (κ3) is 4.41. The molecule has 1 heterocycles. The summed E-state index contributed by atoms with van der Waals surface area (Å²) < 4.78 is 4.48. The molecule has 0 aromatic carbocycles. The molecule has 1 rings (SSSR count). The van der Waals surface area contributed by atoms with E-state index in [1.807, 2.05) is 4.98 Å². The number of nitrogens with one attached hydrogen (secondary N) is 2. The molecule has 0 radical (unpaired) electrons. The third-order valence-corrected chi connectivity index (χ3v) is 2.44. The minimum Gasteiger partial charge on any atom is -0.468 e. The highest BCUT2D eigenvalue weighted by atomic mass is 16.5. The average Bonchev–Trinajstić information content (AvgIpc) is 2.34. The van der Waals surface area contributed by atoms with Gasteiger partial charge in [0.15, 0.2) is 0 Å². The maximum absolute atomic E-state index is 11.9. The van der Waals surface area contributed by atoms with Crippen LogP contribution in [0.2, 0.25) is 0 Å². The topological polar surface area (TPSA) is 112 Å². The van der Waals surface area contributed by atoms with Crippen LogP contribution in [0.5, 0.6) is 0 Å². The molecule has 0 aliphatic rings. The SMILES string of the molecule is CCN(CC(=O)OC)C(=O)Cc1cc(=O)[nH]c(=O)[nH]1. The number of nitrogens with zero attached hydrogens (tertiary/aromatic N) is 1. The van der Waals surface area contributed by atoms with Gasteiger partial charge in [-0.3, -0.25) is 19.4 Å². The van der Waals surface area contributed by atoms with Gasteiger partial charge < -0.3 is 14.6 Å². The number of methoxy groups -OCH3 is 1. The highest BCUT2D eigenvalue weighted by Crippen LogP contribution is 1.97. The second kappa shape index (κ2) is 6.53. The van der Waals surface area contributed by atoms with Crippen molar-refractivity contribution in [2.45, 2.75) is 13.3 Å². The average molecular weight is 269 g/mol. The van der Waals surface area contributed by atoms with E-state index in [0.717, 1.165) is 6.07 Å². The molecule has 0 saturated carbocycles. The van der Waals surface area contributed by atoms with E-state index in [2.05, 4.69) is 9.72 Å². The molecular formula is C11H15N3O5. The molecule has 0 aliphatic heterocycles. The first-order chi connectivity index (χ1) is 8.96. The van der Waals surface area contributed by atoms with E-state index in [-0.39, 0.29) is 24.6 Å². The van der Waals surface area contributed by atoms with Crippen molar-refractivity contribution in [3.63, 3.8) is 0 Å². The molecule has 104 valence electrons. The molecule has 0 aliphatic carbocycles. The van der Waals surface area contributed by atoms with Gasteiger partial charge in [0.05, 0.1) is 13.5 Å². The van der Waals surface area contributed by atoms with Gasteiger partial charge in [0.25, 0.3) is 5.56 Å². The molecule has 0 spiro atoms. The molecule has 8 nitrogen and oxygen atoms in total. The maximum Gasteiger partial charge on any atom is 0.325 e. The van der Waals surface area contributed by atoms with Gasteiger partial charge in [-0.2, -0.15) is 0 Å². The summed E-state index contributed by atoms with van der Waals surface area (Å²) in [5, 5.41) is 0. The van der Waals surface area contributed by atoms with Crippen molar-refractivity contribution in [3.8, 4) is 0 Å². The summed E-state index contributed by atoms with van der Waals surface area (Å²) in [5.74, 6) is -0.913. The summed E-state index contributed by atoms with van der Waals surface area (Å²) in [4.78, 5) is 50.8. The lowest BCUT2D eigenvalue weighted by atomic mass is 10.2. The molecule has 1 amide bonds. The van der Waals surface area contributed by atoms with Crippen molar-refractivity contribution in [3.05, 3.63) is 32.6 Å². The first kappa shape index (κ1) is 14.7. The van der Waals surface area contributed by atoms with Crippen LogP contribution in [0.4, 0.5) is 0 Å². The van der Waals surface area contributed by atoms with Crippen molar-refractivity contribution in [1.29, 1.82) is 0 Å². The number of amides is 1. The second-order valence-electron chi connectivity index (χ2n) is 3.77. The van der Waals surface area contributed by atoms with Crippen LogP contribution in [0.15, 0.2) is 15.7 Å². The maximum atomic E-state index is 11.9. The monoisotopic (exact) mass is 269 g/mol. The Balaban J connectivity index is 2.79. The van der Waals surface area contributed by atoms with Crippen LogP contribution in [0.3, 0.4) is 0 Å². The first-order valence-electron chi connectivity index (χ1n) is 5.63. The van der Waals surface area contributed by atoms with Crippen LogP contribution in [0, 0.1) is 0 Å². The van der Waals surface area contributed by atoms with E-state index in [1.54, 1.807) is 6.92 Å². The Bertz CT molecular complexity index is 546. The van der Waals surface area contributed by atoms with Crippen LogP contribution in [-0.2, 0) is 20.7 Å². The van der Waals surface area contributed by atoms with Crippen LogP contribution in [0.25, 0.3) is 0 Å². The Morgan fingerprint density at radius 1 is 1.32 bits per heavy atom. The van der Waals surface area contributed by atoms with E-state index >= 15 is 0 Å². The smallest absolute Gasteiger partial charge is 0.325 e. The highest BCUT2D eigenvalue weighted by Gasteiger charge is 2.16. The number of hydrogen-bond acceptors (Lipinski definition) is 5. The molecule has 8 heteroatoms. The molecule has 0 atom stereocenters. The summed E-state index contributed by atoms with van der Waals surface area (Å²) in [7, 11) is 1.23. The van der Waals surface area contributed by atoms with Gasteiger partial charge in [-0.15, -0.1) is 0 Å². The van der Waals surface area contributed by atoms with Gasteiger partial charge in [0.1, 0.15) is 6.54 Å². The fourth-order valence-corrected chi connectivity index (χ4v) is 1.49. The number of aromatic amines is 2. The van der Waals surface area contributed by atoms with Crippen molar-refractivity contribution in [1.82, 2.24) is 14.9 Å². The van der Waals surface area contributed by atoms with Crippen LogP contribution in [-0.4, -0.2) is 46.9 Å². The minimum absolute atomic E-state index is 0.163. The molecule has 1 aromatic rings. The molecule has 2 N–H and O–H groups in total. The predicted molar refractivity (Wildman–Crippen MR) is 65.7 cm³/mol. The van der Waals surface area contributed by atoms with E-state index in [9.17, 15) is 19.2 Å². The first-order valence-corrected chi connectivity index (χ1v) is 5.63. The number of H-pyrrole nitrogens is 2. The number of ether oxygens (including phenoxy) is 1. The summed E-state index contributed by atoms with van der Waals surface area (Å²) in [5.41, 5.74) is -1.06. The third-order valence-electron chi connectivity index (χ3n) is 2.44. The van der Waals surface area contributed by atoms with E-state index in [0.29, 0.717) is 6.54 Å². The zero-order valence-corrected chi connectivity index (χ0v) is 10.7. The Kier molecular flexibility index (Phi) is 5.04. The molecule has 0 saturated heterocycles. The number of likely N-dealkylation sites (N-methyl/N-ethyl adjacent to an activating group) is 1. The number of esters is 1. The van der Waals surface area contributed by atoms with Crippen molar-refractivity contribution in [2.24, 2.45) is 0 Å². The molecule has 19 heavy (non-hydrogen) atoms. The van der Waals surface area contributed by atoms with E-state index in [1.165, 1.54) is 12.0 Å². The van der Waals surface area contributed by atoms with Crippen molar-refractivity contribution >= 4 is 11.9 Å². The van der Waals surface area contributed by atoms with Gasteiger partial charge in [-0.1, -0.05) is 0 Å². The quantitative estimate of drug-likeness (QED) is 0.640. The number of carbonyl (C=O) groups is 2. The predicted octanol–water partition coefficient (Wildman–Crippen LogP) is -1.37. The van der Waals surface area contributed by atoms with E-state index < -0.39 is 17.2 Å². The van der Waals surface area contributed by atoms with Gasteiger partial charge in [-0.25, -0.2) is 4.79 Å². The van der Waals surface area contributed by atoms with Gasteiger partial charge >= 0.3 is 11.7 Å². The fraction of sp³-hybridized carbons (Fsp3) is 0.455. The molecular weight excluding hydrogens is 254 g/mol. The van der Waals surface area contributed by atoms with Crippen molar-refractivity contribution < 1.29 is 14.3 Å². The van der Waals surface area contributed by atoms with Crippen LogP contribution in [0.1, 0.15) is 12.6 Å². The number of hydrogen-bond donors (Lipinski definition) is 2. The van der Waals surface area contributed by atoms with Crippen LogP contribution >= 0.6 is 0 Å². The molecule has 0 fully saturated rings. The Hall–Kier alpha value is -2.38. The summed E-state index contributed by atoms with van der Waals surface area (Å²) in [6.45, 7) is 1.86. The lowest BCUT2D eigenvalue weighted by Gasteiger charge is -2.19. The van der Waals surface area contributed by atoms with Gasteiger partial charge in [0, 0.05) is 18.3 Å². The normalized spacial score (nSPS) is 10.0.